The van der Waals surface area contributed by atoms with Gasteiger partial charge in [0.25, 0.3) is 0 Å². The Balaban J connectivity index is 4.83. The molecule has 0 saturated heterocycles. The number of hydrogen-bond acceptors (Lipinski definition) is 3. The van der Waals surface area contributed by atoms with Gasteiger partial charge in [-0.2, -0.15) is 0 Å². The molecule has 0 rings (SSSR count). The van der Waals surface area contributed by atoms with Crippen LogP contribution in [0, 0.1) is 5.92 Å². The molecule has 1 N–H and O–H groups in total. The van der Waals surface area contributed by atoms with Crippen LogP contribution in [0.5, 0.6) is 0 Å². The molecule has 0 aromatic rings. The average Bonchev–Trinajstić information content (AvgIpc) is 2.16. The van der Waals surface area contributed by atoms with Crippen molar-refractivity contribution in [3.05, 3.63) is 0 Å². The molecule has 16 heavy (non-hydrogen) atoms. The number of carbonyl (C=O) groups excluding carboxylic acids is 1. The van der Waals surface area contributed by atoms with E-state index in [4.69, 9.17) is 9.84 Å². The molecule has 0 aromatic heterocycles. The summed E-state index contributed by atoms with van der Waals surface area (Å²) in [5.41, 5.74) is 0. The first-order valence-corrected chi connectivity index (χ1v) is 5.44. The number of rotatable bonds is 7. The van der Waals surface area contributed by atoms with Gasteiger partial charge in [-0.05, 0) is 6.42 Å². The maximum absolute atomic E-state index is 11.4. The number of ether oxygens (including phenoxy) is 1. The van der Waals surface area contributed by atoms with E-state index in [1.54, 1.807) is 6.92 Å². The molecule has 0 radical (unpaired) electrons. The third-order valence-corrected chi connectivity index (χ3v) is 2.43. The average molecular weight is 231 g/mol. The minimum absolute atomic E-state index is 0.211. The van der Waals surface area contributed by atoms with Crippen molar-refractivity contribution in [1.82, 2.24) is 4.90 Å². The molecule has 2 unspecified atom stereocenters. The summed E-state index contributed by atoms with van der Waals surface area (Å²) in [5, 5.41) is 9.17. The van der Waals surface area contributed by atoms with Gasteiger partial charge in [-0.25, -0.2) is 4.79 Å². The number of aliphatic carboxylic acids is 1. The predicted octanol–water partition coefficient (Wildman–Crippen LogP) is 0.981. The maximum Gasteiger partial charge on any atom is 0.326 e. The van der Waals surface area contributed by atoms with Gasteiger partial charge in [0.05, 0.1) is 6.61 Å². The monoisotopic (exact) mass is 231 g/mol. The van der Waals surface area contributed by atoms with E-state index in [1.807, 2.05) is 6.92 Å². The summed E-state index contributed by atoms with van der Waals surface area (Å²) < 4.78 is 4.94. The molecular formula is C11H21NO4. The first-order chi connectivity index (χ1) is 7.45. The summed E-state index contributed by atoms with van der Waals surface area (Å²) in [6.45, 7) is 5.86. The van der Waals surface area contributed by atoms with E-state index in [0.29, 0.717) is 13.2 Å². The highest BCUT2D eigenvalue weighted by molar-refractivity contribution is 5.82. The van der Waals surface area contributed by atoms with Gasteiger partial charge in [-0.3, -0.25) is 4.79 Å². The molecule has 0 aromatic carbocycles. The van der Waals surface area contributed by atoms with Crippen molar-refractivity contribution in [2.24, 2.45) is 5.92 Å². The van der Waals surface area contributed by atoms with Crippen LogP contribution in [0.1, 0.15) is 27.2 Å². The number of carboxylic acid groups (broad SMARTS) is 1. The van der Waals surface area contributed by atoms with Crippen LogP contribution >= 0.6 is 0 Å². The molecule has 0 aliphatic rings. The Morgan fingerprint density at radius 1 is 1.44 bits per heavy atom. The fraction of sp³-hybridized carbons (Fsp3) is 0.818. The van der Waals surface area contributed by atoms with Crippen LogP contribution in [0.15, 0.2) is 0 Å². The van der Waals surface area contributed by atoms with E-state index in [1.165, 1.54) is 18.9 Å². The SMILES string of the molecule is CCCN(C(C)=O)C(C(=O)O)C(C)COC. The van der Waals surface area contributed by atoms with E-state index >= 15 is 0 Å². The molecule has 94 valence electrons. The van der Waals surface area contributed by atoms with Gasteiger partial charge in [0.1, 0.15) is 6.04 Å². The largest absolute Gasteiger partial charge is 0.480 e. The number of nitrogens with zero attached hydrogens (tertiary/aromatic N) is 1. The topological polar surface area (TPSA) is 66.8 Å². The Labute approximate surface area is 96.4 Å². The van der Waals surface area contributed by atoms with Gasteiger partial charge in [0.2, 0.25) is 5.91 Å². The zero-order valence-electron chi connectivity index (χ0n) is 10.4. The summed E-state index contributed by atoms with van der Waals surface area (Å²) in [7, 11) is 1.52. The van der Waals surface area contributed by atoms with Crippen LogP contribution in [-0.4, -0.2) is 48.2 Å². The van der Waals surface area contributed by atoms with Crippen molar-refractivity contribution in [2.75, 3.05) is 20.3 Å². The second-order valence-electron chi connectivity index (χ2n) is 3.93. The molecule has 0 heterocycles. The van der Waals surface area contributed by atoms with Crippen molar-refractivity contribution in [1.29, 1.82) is 0 Å². The molecule has 0 aliphatic carbocycles. The molecule has 0 saturated carbocycles. The Morgan fingerprint density at radius 3 is 2.31 bits per heavy atom. The third-order valence-electron chi connectivity index (χ3n) is 2.43. The fourth-order valence-corrected chi connectivity index (χ4v) is 1.77. The van der Waals surface area contributed by atoms with Crippen LogP contribution in [-0.2, 0) is 14.3 Å². The Bertz CT molecular complexity index is 242. The quantitative estimate of drug-likeness (QED) is 0.709. The molecule has 0 aliphatic heterocycles. The van der Waals surface area contributed by atoms with Crippen LogP contribution in [0.4, 0.5) is 0 Å². The van der Waals surface area contributed by atoms with Crippen molar-refractivity contribution < 1.29 is 19.4 Å². The number of carboxylic acids is 1. The lowest BCUT2D eigenvalue weighted by Gasteiger charge is -2.31. The Hall–Kier alpha value is -1.10. The lowest BCUT2D eigenvalue weighted by atomic mass is 10.0. The van der Waals surface area contributed by atoms with Gasteiger partial charge in [0.15, 0.2) is 0 Å². The van der Waals surface area contributed by atoms with Crippen molar-refractivity contribution in [3.63, 3.8) is 0 Å². The molecule has 5 nitrogen and oxygen atoms in total. The second kappa shape index (κ2) is 7.22. The fourth-order valence-electron chi connectivity index (χ4n) is 1.77. The lowest BCUT2D eigenvalue weighted by Crippen LogP contribution is -2.49. The van der Waals surface area contributed by atoms with Gasteiger partial charge >= 0.3 is 5.97 Å². The van der Waals surface area contributed by atoms with Gasteiger partial charge in [-0.1, -0.05) is 13.8 Å². The van der Waals surface area contributed by atoms with Crippen LogP contribution < -0.4 is 0 Å². The minimum atomic E-state index is -0.979. The number of hydrogen-bond donors (Lipinski definition) is 1. The zero-order valence-corrected chi connectivity index (χ0v) is 10.4. The Kier molecular flexibility index (Phi) is 6.72. The first-order valence-electron chi connectivity index (χ1n) is 5.44. The van der Waals surface area contributed by atoms with E-state index in [0.717, 1.165) is 6.42 Å². The number of methoxy groups -OCH3 is 1. The Morgan fingerprint density at radius 2 is 2.00 bits per heavy atom. The molecule has 0 bridgehead atoms. The minimum Gasteiger partial charge on any atom is -0.480 e. The molecule has 2 atom stereocenters. The summed E-state index contributed by atoms with van der Waals surface area (Å²) in [6, 6.07) is -0.808. The first kappa shape index (κ1) is 14.9. The highest BCUT2D eigenvalue weighted by atomic mass is 16.5. The van der Waals surface area contributed by atoms with Crippen molar-refractivity contribution in [3.8, 4) is 0 Å². The van der Waals surface area contributed by atoms with Gasteiger partial charge in [-0.15, -0.1) is 0 Å². The summed E-state index contributed by atoms with van der Waals surface area (Å²) in [4.78, 5) is 24.0. The van der Waals surface area contributed by atoms with E-state index < -0.39 is 12.0 Å². The van der Waals surface area contributed by atoms with E-state index in [9.17, 15) is 9.59 Å². The third kappa shape index (κ3) is 4.18. The van der Waals surface area contributed by atoms with Crippen LogP contribution in [0.2, 0.25) is 0 Å². The molecular weight excluding hydrogens is 210 g/mol. The van der Waals surface area contributed by atoms with E-state index in [2.05, 4.69) is 0 Å². The van der Waals surface area contributed by atoms with Crippen molar-refractivity contribution >= 4 is 11.9 Å². The number of amides is 1. The molecule has 0 fully saturated rings. The van der Waals surface area contributed by atoms with E-state index in [-0.39, 0.29) is 11.8 Å². The molecule has 1 amide bonds. The normalized spacial score (nSPS) is 14.2. The standard InChI is InChI=1S/C11H21NO4/c1-5-6-12(9(3)13)10(11(14)15)8(2)7-16-4/h8,10H,5-7H2,1-4H3,(H,14,15). The van der Waals surface area contributed by atoms with Gasteiger partial charge in [0, 0.05) is 26.5 Å². The number of carbonyl (C=O) groups is 2. The summed E-state index contributed by atoms with van der Waals surface area (Å²) in [6.07, 6.45) is 0.739. The summed E-state index contributed by atoms with van der Waals surface area (Å²) in [5.74, 6) is -1.41. The lowest BCUT2D eigenvalue weighted by molar-refractivity contribution is -0.152. The van der Waals surface area contributed by atoms with Gasteiger partial charge < -0.3 is 14.7 Å². The smallest absolute Gasteiger partial charge is 0.326 e. The highest BCUT2D eigenvalue weighted by Crippen LogP contribution is 2.13. The van der Waals surface area contributed by atoms with Crippen LogP contribution in [0.3, 0.4) is 0 Å². The molecule has 0 spiro atoms. The predicted molar refractivity (Wildman–Crippen MR) is 60.1 cm³/mol. The maximum atomic E-state index is 11.4. The van der Waals surface area contributed by atoms with Crippen LogP contribution in [0.25, 0.3) is 0 Å². The molecule has 5 heteroatoms. The highest BCUT2D eigenvalue weighted by Gasteiger charge is 2.32. The van der Waals surface area contributed by atoms with Crippen molar-refractivity contribution in [2.45, 2.75) is 33.2 Å². The zero-order chi connectivity index (χ0) is 12.7. The summed E-state index contributed by atoms with van der Waals surface area (Å²) >= 11 is 0. The second-order valence-corrected chi connectivity index (χ2v) is 3.93.